The molecular weight excluding hydrogens is 302 g/mol. The second-order valence-corrected chi connectivity index (χ2v) is 6.09. The summed E-state index contributed by atoms with van der Waals surface area (Å²) in [6, 6.07) is 15.2. The maximum Gasteiger partial charge on any atom is 0.335 e. The zero-order valence-electron chi connectivity index (χ0n) is 13.4. The molecule has 0 fully saturated rings. The molecule has 120 valence electrons. The van der Waals surface area contributed by atoms with Gasteiger partial charge in [0.1, 0.15) is 6.17 Å². The van der Waals surface area contributed by atoms with E-state index in [1.165, 1.54) is 5.56 Å². The van der Waals surface area contributed by atoms with Gasteiger partial charge in [-0.3, -0.25) is 0 Å². The monoisotopic (exact) mass is 319 g/mol. The zero-order chi connectivity index (χ0) is 16.8. The molecule has 0 saturated heterocycles. The van der Waals surface area contributed by atoms with Crippen LogP contribution in [0.25, 0.3) is 11.3 Å². The van der Waals surface area contributed by atoms with Crippen LogP contribution in [-0.2, 0) is 0 Å². The van der Waals surface area contributed by atoms with Gasteiger partial charge in [-0.05, 0) is 43.2 Å². The van der Waals surface area contributed by atoms with Crippen molar-refractivity contribution in [3.63, 3.8) is 0 Å². The maximum absolute atomic E-state index is 11.1. The largest absolute Gasteiger partial charge is 0.478 e. The highest BCUT2D eigenvalue weighted by atomic mass is 16.4. The van der Waals surface area contributed by atoms with Gasteiger partial charge in [0.2, 0.25) is 0 Å². The molecule has 5 nitrogen and oxygen atoms in total. The highest BCUT2D eigenvalue weighted by molar-refractivity contribution is 5.87. The molecule has 3 aromatic rings. The number of nitrogens with zero attached hydrogens (tertiary/aromatic N) is 2. The summed E-state index contributed by atoms with van der Waals surface area (Å²) in [5.74, 6) is -0.921. The number of aromatic nitrogens is 2. The molecule has 0 radical (unpaired) electrons. The van der Waals surface area contributed by atoms with E-state index < -0.39 is 5.97 Å². The molecule has 1 atom stereocenters. The number of benzene rings is 2. The zero-order valence-corrected chi connectivity index (χ0v) is 13.4. The Morgan fingerprint density at radius 3 is 2.62 bits per heavy atom. The number of nitrogens with one attached hydrogen (secondary N) is 1. The standard InChI is InChI=1S/C19H17N3O2/c1-11-4-3-5-15-16-10-12(2)21-22(16)18(20-17(11)15)13-6-8-14(9-7-13)19(23)24/h3-10,18,20H,1-2H3,(H,23,24). The number of rotatable bonds is 2. The number of hydrogen-bond donors (Lipinski definition) is 2. The average molecular weight is 319 g/mol. The Hall–Kier alpha value is -3.08. The molecule has 2 aromatic carbocycles. The van der Waals surface area contributed by atoms with Gasteiger partial charge >= 0.3 is 5.97 Å². The normalized spacial score (nSPS) is 15.3. The van der Waals surface area contributed by atoms with E-state index in [4.69, 9.17) is 5.11 Å². The van der Waals surface area contributed by atoms with Gasteiger partial charge in [0.05, 0.1) is 17.0 Å². The van der Waals surface area contributed by atoms with Crippen molar-refractivity contribution in [2.24, 2.45) is 0 Å². The fourth-order valence-corrected chi connectivity index (χ4v) is 3.22. The van der Waals surface area contributed by atoms with E-state index in [1.54, 1.807) is 12.1 Å². The Balaban J connectivity index is 1.85. The molecule has 2 heterocycles. The predicted molar refractivity (Wildman–Crippen MR) is 92.3 cm³/mol. The van der Waals surface area contributed by atoms with Crippen LogP contribution in [0.1, 0.15) is 33.3 Å². The first kappa shape index (κ1) is 14.5. The van der Waals surface area contributed by atoms with E-state index in [0.717, 1.165) is 28.2 Å². The van der Waals surface area contributed by atoms with Gasteiger partial charge in [-0.25, -0.2) is 9.48 Å². The van der Waals surface area contributed by atoms with Crippen LogP contribution in [0.2, 0.25) is 0 Å². The number of para-hydroxylation sites is 1. The number of hydrogen-bond acceptors (Lipinski definition) is 3. The number of aryl methyl sites for hydroxylation is 2. The van der Waals surface area contributed by atoms with Gasteiger partial charge in [0.15, 0.2) is 0 Å². The molecule has 4 rings (SSSR count). The van der Waals surface area contributed by atoms with Gasteiger partial charge < -0.3 is 10.4 Å². The van der Waals surface area contributed by atoms with E-state index in [0.29, 0.717) is 0 Å². The second kappa shape index (κ2) is 5.23. The van der Waals surface area contributed by atoms with Crippen molar-refractivity contribution >= 4 is 11.7 Å². The molecule has 2 N–H and O–H groups in total. The van der Waals surface area contributed by atoms with E-state index in [2.05, 4.69) is 35.5 Å². The van der Waals surface area contributed by atoms with E-state index in [1.807, 2.05) is 29.8 Å². The summed E-state index contributed by atoms with van der Waals surface area (Å²) >= 11 is 0. The van der Waals surface area contributed by atoms with E-state index in [9.17, 15) is 4.79 Å². The average Bonchev–Trinajstić information content (AvgIpc) is 2.96. The van der Waals surface area contributed by atoms with Crippen molar-refractivity contribution in [1.82, 2.24) is 9.78 Å². The van der Waals surface area contributed by atoms with Crippen LogP contribution in [0.15, 0.2) is 48.5 Å². The maximum atomic E-state index is 11.1. The smallest absolute Gasteiger partial charge is 0.335 e. The third kappa shape index (κ3) is 2.17. The fourth-order valence-electron chi connectivity index (χ4n) is 3.22. The Morgan fingerprint density at radius 2 is 1.92 bits per heavy atom. The number of carboxylic acid groups (broad SMARTS) is 1. The van der Waals surface area contributed by atoms with Gasteiger partial charge in [-0.15, -0.1) is 0 Å². The first-order valence-electron chi connectivity index (χ1n) is 7.80. The molecule has 5 heteroatoms. The van der Waals surface area contributed by atoms with Crippen LogP contribution >= 0.6 is 0 Å². The number of carbonyl (C=O) groups is 1. The lowest BCUT2D eigenvalue weighted by Gasteiger charge is -2.30. The van der Waals surface area contributed by atoms with Crippen molar-refractivity contribution in [3.05, 3.63) is 70.9 Å². The van der Waals surface area contributed by atoms with Crippen molar-refractivity contribution < 1.29 is 9.90 Å². The summed E-state index contributed by atoms with van der Waals surface area (Å²) in [6.07, 6.45) is -0.162. The highest BCUT2D eigenvalue weighted by Crippen LogP contribution is 2.40. The Labute approximate surface area is 139 Å². The van der Waals surface area contributed by atoms with Crippen LogP contribution in [0.3, 0.4) is 0 Å². The summed E-state index contributed by atoms with van der Waals surface area (Å²) < 4.78 is 1.97. The third-order valence-electron chi connectivity index (χ3n) is 4.41. The quantitative estimate of drug-likeness (QED) is 0.753. The number of carboxylic acids is 1. The lowest BCUT2D eigenvalue weighted by atomic mass is 10.00. The topological polar surface area (TPSA) is 67.2 Å². The van der Waals surface area contributed by atoms with Crippen LogP contribution in [0.4, 0.5) is 5.69 Å². The Morgan fingerprint density at radius 1 is 1.17 bits per heavy atom. The molecule has 1 unspecified atom stereocenters. The number of anilines is 1. The molecule has 0 bridgehead atoms. The van der Waals surface area contributed by atoms with Gasteiger partial charge in [-0.2, -0.15) is 5.10 Å². The predicted octanol–water partition coefficient (Wildman–Crippen LogP) is 3.84. The van der Waals surface area contributed by atoms with Crippen molar-refractivity contribution in [3.8, 4) is 11.3 Å². The number of fused-ring (bicyclic) bond motifs is 3. The van der Waals surface area contributed by atoms with Gasteiger partial charge in [0.25, 0.3) is 0 Å². The second-order valence-electron chi connectivity index (χ2n) is 6.09. The minimum Gasteiger partial charge on any atom is -0.478 e. The summed E-state index contributed by atoms with van der Waals surface area (Å²) in [6.45, 7) is 4.06. The fraction of sp³-hybridized carbons (Fsp3) is 0.158. The molecule has 1 aliphatic rings. The van der Waals surface area contributed by atoms with Gasteiger partial charge in [-0.1, -0.05) is 30.3 Å². The first-order chi connectivity index (χ1) is 11.5. The summed E-state index contributed by atoms with van der Waals surface area (Å²) in [7, 11) is 0. The molecule has 0 amide bonds. The summed E-state index contributed by atoms with van der Waals surface area (Å²) in [5.41, 5.74) is 6.67. The summed E-state index contributed by atoms with van der Waals surface area (Å²) in [5, 5.41) is 17.3. The SMILES string of the molecule is Cc1cc2n(n1)C(c1ccc(C(=O)O)cc1)Nc1c(C)cccc1-2. The van der Waals surface area contributed by atoms with Crippen LogP contribution in [0.5, 0.6) is 0 Å². The highest BCUT2D eigenvalue weighted by Gasteiger charge is 2.27. The molecule has 0 aliphatic carbocycles. The molecule has 0 spiro atoms. The van der Waals surface area contributed by atoms with Crippen LogP contribution in [-0.4, -0.2) is 20.9 Å². The van der Waals surface area contributed by atoms with Crippen molar-refractivity contribution in [2.45, 2.75) is 20.0 Å². The van der Waals surface area contributed by atoms with Crippen molar-refractivity contribution in [2.75, 3.05) is 5.32 Å². The lowest BCUT2D eigenvalue weighted by molar-refractivity contribution is 0.0697. The number of aromatic carboxylic acids is 1. The minimum absolute atomic E-state index is 0.162. The first-order valence-corrected chi connectivity index (χ1v) is 7.80. The molecular formula is C19H17N3O2. The Kier molecular flexibility index (Phi) is 3.16. The van der Waals surface area contributed by atoms with Crippen LogP contribution in [0, 0.1) is 13.8 Å². The minimum atomic E-state index is -0.921. The molecule has 1 aromatic heterocycles. The summed E-state index contributed by atoms with van der Waals surface area (Å²) in [4.78, 5) is 11.1. The van der Waals surface area contributed by atoms with Crippen LogP contribution < -0.4 is 5.32 Å². The molecule has 24 heavy (non-hydrogen) atoms. The third-order valence-corrected chi connectivity index (χ3v) is 4.41. The van der Waals surface area contributed by atoms with E-state index in [-0.39, 0.29) is 11.7 Å². The molecule has 0 saturated carbocycles. The lowest BCUT2D eigenvalue weighted by Crippen LogP contribution is -2.26. The van der Waals surface area contributed by atoms with E-state index >= 15 is 0 Å². The molecule has 1 aliphatic heterocycles. The van der Waals surface area contributed by atoms with Gasteiger partial charge in [0, 0.05) is 11.3 Å². The van der Waals surface area contributed by atoms with Crippen molar-refractivity contribution in [1.29, 1.82) is 0 Å². The Bertz CT molecular complexity index is 942.